The highest BCUT2D eigenvalue weighted by Crippen LogP contribution is 2.10. The average Bonchev–Trinajstić information content (AvgIpc) is 2.55. The van der Waals surface area contributed by atoms with E-state index in [0.717, 1.165) is 77.0 Å². The third-order valence-electron chi connectivity index (χ3n) is 3.86. The SMILES string of the molecule is CCNCCOCCCN1CCN(c2ncc(C)cn2)CC1. The van der Waals surface area contributed by atoms with Gasteiger partial charge in [0.25, 0.3) is 0 Å². The van der Waals surface area contributed by atoms with E-state index in [9.17, 15) is 0 Å². The maximum atomic E-state index is 5.61. The number of aryl methyl sites for hydroxylation is 1. The summed E-state index contributed by atoms with van der Waals surface area (Å²) in [6.07, 6.45) is 4.88. The van der Waals surface area contributed by atoms with Crippen molar-refractivity contribution in [2.75, 3.05) is 63.9 Å². The molecule has 0 atom stereocenters. The Labute approximate surface area is 133 Å². The van der Waals surface area contributed by atoms with Gasteiger partial charge in [-0.25, -0.2) is 9.97 Å². The number of likely N-dealkylation sites (N-methyl/N-ethyl adjacent to an activating group) is 1. The van der Waals surface area contributed by atoms with Gasteiger partial charge < -0.3 is 15.0 Å². The van der Waals surface area contributed by atoms with Gasteiger partial charge in [-0.2, -0.15) is 0 Å². The fourth-order valence-corrected chi connectivity index (χ4v) is 2.53. The zero-order chi connectivity index (χ0) is 15.6. The second-order valence-electron chi connectivity index (χ2n) is 5.71. The van der Waals surface area contributed by atoms with E-state index in [0.29, 0.717) is 0 Å². The van der Waals surface area contributed by atoms with Gasteiger partial charge in [-0.15, -0.1) is 0 Å². The Kier molecular flexibility index (Phi) is 7.56. The standard InChI is InChI=1S/C16H29N5O/c1-3-17-5-12-22-11-4-6-20-7-9-21(10-8-20)16-18-13-15(2)14-19-16/h13-14,17H,3-12H2,1-2H3. The van der Waals surface area contributed by atoms with E-state index in [-0.39, 0.29) is 0 Å². The lowest BCUT2D eigenvalue weighted by Crippen LogP contribution is -2.47. The topological polar surface area (TPSA) is 53.5 Å². The van der Waals surface area contributed by atoms with Crippen LogP contribution in [0.3, 0.4) is 0 Å². The van der Waals surface area contributed by atoms with Crippen LogP contribution in [0.5, 0.6) is 0 Å². The average molecular weight is 307 g/mol. The zero-order valence-corrected chi connectivity index (χ0v) is 13.9. The number of nitrogens with one attached hydrogen (secondary N) is 1. The van der Waals surface area contributed by atoms with Gasteiger partial charge in [0.2, 0.25) is 5.95 Å². The number of aromatic nitrogens is 2. The molecular formula is C16H29N5O. The van der Waals surface area contributed by atoms with Crippen LogP contribution in [0.2, 0.25) is 0 Å². The molecule has 22 heavy (non-hydrogen) atoms. The molecule has 6 nitrogen and oxygen atoms in total. The number of anilines is 1. The fourth-order valence-electron chi connectivity index (χ4n) is 2.53. The molecule has 1 aliphatic rings. The van der Waals surface area contributed by atoms with E-state index in [1.165, 1.54) is 0 Å². The van der Waals surface area contributed by atoms with E-state index >= 15 is 0 Å². The molecule has 2 rings (SSSR count). The first-order chi connectivity index (χ1) is 10.8. The molecule has 0 radical (unpaired) electrons. The maximum Gasteiger partial charge on any atom is 0.225 e. The van der Waals surface area contributed by atoms with Crippen LogP contribution in [0.4, 0.5) is 5.95 Å². The minimum absolute atomic E-state index is 0.812. The van der Waals surface area contributed by atoms with Gasteiger partial charge in [-0.05, 0) is 25.5 Å². The Morgan fingerprint density at radius 1 is 1.14 bits per heavy atom. The highest BCUT2D eigenvalue weighted by Gasteiger charge is 2.18. The van der Waals surface area contributed by atoms with Crippen molar-refractivity contribution in [3.05, 3.63) is 18.0 Å². The van der Waals surface area contributed by atoms with Crippen LogP contribution in [0, 0.1) is 6.92 Å². The molecule has 124 valence electrons. The molecule has 0 aromatic carbocycles. The predicted molar refractivity (Wildman–Crippen MR) is 89.4 cm³/mol. The highest BCUT2D eigenvalue weighted by molar-refractivity contribution is 5.30. The number of rotatable bonds is 9. The Morgan fingerprint density at radius 2 is 1.86 bits per heavy atom. The molecule has 1 fully saturated rings. The smallest absolute Gasteiger partial charge is 0.225 e. The summed E-state index contributed by atoms with van der Waals surface area (Å²) < 4.78 is 5.61. The molecule has 0 unspecified atom stereocenters. The molecule has 6 heteroatoms. The predicted octanol–water partition coefficient (Wildman–Crippen LogP) is 0.923. The molecule has 1 aliphatic heterocycles. The minimum Gasteiger partial charge on any atom is -0.380 e. The van der Waals surface area contributed by atoms with E-state index in [4.69, 9.17) is 4.74 Å². The van der Waals surface area contributed by atoms with Crippen molar-refractivity contribution < 1.29 is 4.74 Å². The lowest BCUT2D eigenvalue weighted by molar-refractivity contribution is 0.121. The van der Waals surface area contributed by atoms with Crippen molar-refractivity contribution in [2.45, 2.75) is 20.3 Å². The molecule has 0 amide bonds. The Morgan fingerprint density at radius 3 is 2.55 bits per heavy atom. The molecule has 2 heterocycles. The van der Waals surface area contributed by atoms with Crippen LogP contribution in [0.25, 0.3) is 0 Å². The van der Waals surface area contributed by atoms with Crippen molar-refractivity contribution in [2.24, 2.45) is 0 Å². The molecule has 1 N–H and O–H groups in total. The number of ether oxygens (including phenoxy) is 1. The van der Waals surface area contributed by atoms with Crippen LogP contribution in [-0.2, 0) is 4.74 Å². The van der Waals surface area contributed by atoms with E-state index < -0.39 is 0 Å². The molecule has 1 aromatic heterocycles. The molecule has 0 bridgehead atoms. The van der Waals surface area contributed by atoms with Crippen molar-refractivity contribution in [3.8, 4) is 0 Å². The lowest BCUT2D eigenvalue weighted by Gasteiger charge is -2.34. The summed E-state index contributed by atoms with van der Waals surface area (Å²) in [4.78, 5) is 13.6. The summed E-state index contributed by atoms with van der Waals surface area (Å²) in [5.41, 5.74) is 1.11. The Balaban J connectivity index is 1.56. The van der Waals surface area contributed by atoms with Crippen molar-refractivity contribution in [1.29, 1.82) is 0 Å². The number of nitrogens with zero attached hydrogens (tertiary/aromatic N) is 4. The van der Waals surface area contributed by atoms with E-state index in [2.05, 4.69) is 32.0 Å². The van der Waals surface area contributed by atoms with Crippen LogP contribution >= 0.6 is 0 Å². The fraction of sp³-hybridized carbons (Fsp3) is 0.750. The normalized spacial score (nSPS) is 16.2. The Hall–Kier alpha value is -1.24. The van der Waals surface area contributed by atoms with Gasteiger partial charge in [0.15, 0.2) is 0 Å². The first kappa shape index (κ1) is 17.1. The van der Waals surface area contributed by atoms with Crippen LogP contribution < -0.4 is 10.2 Å². The number of hydrogen-bond donors (Lipinski definition) is 1. The number of hydrogen-bond acceptors (Lipinski definition) is 6. The summed E-state index contributed by atoms with van der Waals surface area (Å²) in [6, 6.07) is 0. The van der Waals surface area contributed by atoms with Crippen LogP contribution in [0.1, 0.15) is 18.9 Å². The lowest BCUT2D eigenvalue weighted by atomic mass is 10.3. The van der Waals surface area contributed by atoms with E-state index in [1.54, 1.807) is 0 Å². The van der Waals surface area contributed by atoms with Crippen molar-refractivity contribution in [1.82, 2.24) is 20.2 Å². The highest BCUT2D eigenvalue weighted by atomic mass is 16.5. The summed E-state index contributed by atoms with van der Waals surface area (Å²) in [6.45, 7) is 13.0. The molecular weight excluding hydrogens is 278 g/mol. The van der Waals surface area contributed by atoms with Gasteiger partial charge >= 0.3 is 0 Å². The Bertz CT molecular complexity index is 404. The molecule has 1 saturated heterocycles. The monoisotopic (exact) mass is 307 g/mol. The van der Waals surface area contributed by atoms with Crippen molar-refractivity contribution >= 4 is 5.95 Å². The van der Waals surface area contributed by atoms with E-state index in [1.807, 2.05) is 19.3 Å². The molecule has 0 spiro atoms. The van der Waals surface area contributed by atoms with Crippen LogP contribution in [-0.4, -0.2) is 73.9 Å². The van der Waals surface area contributed by atoms with Gasteiger partial charge in [-0.1, -0.05) is 6.92 Å². The first-order valence-electron chi connectivity index (χ1n) is 8.34. The summed E-state index contributed by atoms with van der Waals surface area (Å²) in [5, 5.41) is 3.26. The number of piperazine rings is 1. The van der Waals surface area contributed by atoms with Gasteiger partial charge in [0.05, 0.1) is 6.61 Å². The van der Waals surface area contributed by atoms with Gasteiger partial charge in [0, 0.05) is 58.3 Å². The van der Waals surface area contributed by atoms with Crippen LogP contribution in [0.15, 0.2) is 12.4 Å². The molecule has 0 saturated carbocycles. The maximum absolute atomic E-state index is 5.61. The first-order valence-corrected chi connectivity index (χ1v) is 8.34. The third-order valence-corrected chi connectivity index (χ3v) is 3.86. The summed E-state index contributed by atoms with van der Waals surface area (Å²) in [5.74, 6) is 0.858. The summed E-state index contributed by atoms with van der Waals surface area (Å²) >= 11 is 0. The van der Waals surface area contributed by atoms with Crippen molar-refractivity contribution in [3.63, 3.8) is 0 Å². The van der Waals surface area contributed by atoms with Gasteiger partial charge in [0.1, 0.15) is 0 Å². The van der Waals surface area contributed by atoms with Gasteiger partial charge in [-0.3, -0.25) is 4.90 Å². The zero-order valence-electron chi connectivity index (χ0n) is 13.9. The third kappa shape index (κ3) is 5.87. The second-order valence-corrected chi connectivity index (χ2v) is 5.71. The second kappa shape index (κ2) is 9.71. The summed E-state index contributed by atoms with van der Waals surface area (Å²) in [7, 11) is 0. The quantitative estimate of drug-likeness (QED) is 0.685. The minimum atomic E-state index is 0.812. The molecule has 0 aliphatic carbocycles. The largest absolute Gasteiger partial charge is 0.380 e. The molecule has 1 aromatic rings.